The van der Waals surface area contributed by atoms with Crippen LogP contribution in [0.15, 0.2) is 21.8 Å². The summed E-state index contributed by atoms with van der Waals surface area (Å²) in [4.78, 5) is 49.7. The summed E-state index contributed by atoms with van der Waals surface area (Å²) in [7, 11) is 0. The molecule has 0 saturated heterocycles. The fourth-order valence-electron chi connectivity index (χ4n) is 6.31. The van der Waals surface area contributed by atoms with Gasteiger partial charge >= 0.3 is 5.97 Å². The van der Waals surface area contributed by atoms with E-state index >= 15 is 0 Å². The molecule has 2 heterocycles. The molecule has 0 aromatic carbocycles. The van der Waals surface area contributed by atoms with Gasteiger partial charge in [0.1, 0.15) is 23.7 Å². The van der Waals surface area contributed by atoms with Gasteiger partial charge in [0.15, 0.2) is 5.76 Å². The Balaban J connectivity index is 1.81. The highest BCUT2D eigenvalue weighted by molar-refractivity contribution is 6.14. The SMILES string of the molecule is C[C@H]1OC(=O)c2coc3c2[C@@]1(C)C1=C(C3=O)C2CCC(=O)[C@@]2(C)C[C@H]1COC=O. The summed E-state index contributed by atoms with van der Waals surface area (Å²) < 4.78 is 16.4. The molecule has 1 saturated carbocycles. The molecular weight excluding hydrogens is 376 g/mol. The standard InChI is InChI=1S/C22H22O7/c1-10-22(3)16-11(7-27-9-23)6-21(2)13(4-5-14(21)24)15(16)18(25)19-17(22)12(8-28-19)20(26)29-10/h8-11,13H,4-7H2,1-3H3/t10-,11+,13?,21+,22-/m1/s1. The zero-order valence-corrected chi connectivity index (χ0v) is 16.6. The van der Waals surface area contributed by atoms with E-state index < -0.39 is 22.9 Å². The molecule has 7 nitrogen and oxygen atoms in total. The van der Waals surface area contributed by atoms with E-state index in [0.717, 1.165) is 5.57 Å². The van der Waals surface area contributed by atoms with Crippen LogP contribution < -0.4 is 0 Å². The number of hydrogen-bond acceptors (Lipinski definition) is 7. The minimum atomic E-state index is -0.779. The molecule has 1 aromatic rings. The molecule has 7 heteroatoms. The lowest BCUT2D eigenvalue weighted by Gasteiger charge is -2.51. The van der Waals surface area contributed by atoms with Gasteiger partial charge in [0.05, 0.1) is 12.0 Å². The van der Waals surface area contributed by atoms with Crippen LogP contribution in [0.1, 0.15) is 66.5 Å². The van der Waals surface area contributed by atoms with Crippen LogP contribution in [0, 0.1) is 17.3 Å². The predicted molar refractivity (Wildman–Crippen MR) is 98.3 cm³/mol. The highest BCUT2D eigenvalue weighted by Crippen LogP contribution is 2.62. The van der Waals surface area contributed by atoms with Crippen molar-refractivity contribution in [2.24, 2.45) is 17.3 Å². The number of rotatable bonds is 3. The third kappa shape index (κ3) is 2.03. The molecule has 5 atom stereocenters. The Kier molecular flexibility index (Phi) is 3.59. The fourth-order valence-corrected chi connectivity index (χ4v) is 6.31. The van der Waals surface area contributed by atoms with E-state index in [4.69, 9.17) is 13.9 Å². The number of ketones is 2. The van der Waals surface area contributed by atoms with Crippen molar-refractivity contribution in [3.05, 3.63) is 34.3 Å². The molecule has 1 aromatic heterocycles. The highest BCUT2D eigenvalue weighted by Gasteiger charge is 2.62. The minimum absolute atomic E-state index is 0.0734. The number of Topliss-reactive ketones (excluding diaryl/α,β-unsaturated/α-hetero) is 2. The van der Waals surface area contributed by atoms with Gasteiger partial charge in [-0.05, 0) is 32.3 Å². The van der Waals surface area contributed by atoms with Crippen molar-refractivity contribution in [1.29, 1.82) is 0 Å². The lowest BCUT2D eigenvalue weighted by Crippen LogP contribution is -2.54. The third-order valence-corrected chi connectivity index (χ3v) is 7.79. The van der Waals surface area contributed by atoms with E-state index in [1.165, 1.54) is 6.26 Å². The number of hydrogen-bond donors (Lipinski definition) is 0. The van der Waals surface area contributed by atoms with Crippen LogP contribution >= 0.6 is 0 Å². The van der Waals surface area contributed by atoms with Gasteiger partial charge in [-0.15, -0.1) is 0 Å². The third-order valence-electron chi connectivity index (χ3n) is 7.79. The van der Waals surface area contributed by atoms with Crippen LogP contribution in [0.25, 0.3) is 0 Å². The van der Waals surface area contributed by atoms with E-state index in [1.54, 1.807) is 0 Å². The summed E-state index contributed by atoms with van der Waals surface area (Å²) in [5, 5.41) is 0. The quantitative estimate of drug-likeness (QED) is 0.570. The summed E-state index contributed by atoms with van der Waals surface area (Å²) in [6, 6.07) is 0. The Morgan fingerprint density at radius 1 is 1.28 bits per heavy atom. The number of carbonyl (C=O) groups is 4. The first-order chi connectivity index (χ1) is 13.7. The molecule has 0 spiro atoms. The molecule has 0 amide bonds. The van der Waals surface area contributed by atoms with Gasteiger partial charge in [0.2, 0.25) is 5.78 Å². The van der Waals surface area contributed by atoms with Crippen molar-refractivity contribution in [2.75, 3.05) is 6.61 Å². The van der Waals surface area contributed by atoms with Crippen LogP contribution in [-0.2, 0) is 24.5 Å². The maximum atomic E-state index is 13.6. The van der Waals surface area contributed by atoms with Crippen molar-refractivity contribution >= 4 is 24.0 Å². The van der Waals surface area contributed by atoms with Gasteiger partial charge in [-0.2, -0.15) is 0 Å². The summed E-state index contributed by atoms with van der Waals surface area (Å²) in [5.41, 5.74) is 0.795. The molecule has 1 aliphatic heterocycles. The largest absolute Gasteiger partial charge is 0.467 e. The number of cyclic esters (lactones) is 1. The van der Waals surface area contributed by atoms with Gasteiger partial charge < -0.3 is 13.9 Å². The van der Waals surface area contributed by atoms with Crippen molar-refractivity contribution in [1.82, 2.24) is 0 Å². The van der Waals surface area contributed by atoms with Crippen molar-refractivity contribution < 1.29 is 33.1 Å². The predicted octanol–water partition coefficient (Wildman–Crippen LogP) is 2.77. The zero-order valence-electron chi connectivity index (χ0n) is 16.6. The Morgan fingerprint density at radius 3 is 2.76 bits per heavy atom. The maximum Gasteiger partial charge on any atom is 0.342 e. The molecule has 29 heavy (non-hydrogen) atoms. The number of carbonyl (C=O) groups excluding carboxylic acids is 4. The molecule has 4 aliphatic rings. The summed E-state index contributed by atoms with van der Waals surface area (Å²) in [6.45, 7) is 6.13. The Labute approximate surface area is 167 Å². The minimum Gasteiger partial charge on any atom is -0.467 e. The van der Waals surface area contributed by atoms with Gasteiger partial charge in [-0.25, -0.2) is 4.79 Å². The molecular formula is C22H22O7. The topological polar surface area (TPSA) is 99.9 Å². The second-order valence-electron chi connectivity index (χ2n) is 9.02. The molecule has 5 rings (SSSR count). The van der Waals surface area contributed by atoms with E-state index in [9.17, 15) is 19.2 Å². The molecule has 3 aliphatic carbocycles. The van der Waals surface area contributed by atoms with Crippen LogP contribution in [0.2, 0.25) is 0 Å². The summed E-state index contributed by atoms with van der Waals surface area (Å²) >= 11 is 0. The molecule has 152 valence electrons. The smallest absolute Gasteiger partial charge is 0.342 e. The average molecular weight is 398 g/mol. The number of esters is 1. The Hall–Kier alpha value is -2.70. The normalized spacial score (nSPS) is 37.6. The zero-order chi connectivity index (χ0) is 20.7. The molecule has 0 bridgehead atoms. The Bertz CT molecular complexity index is 1010. The molecule has 1 fully saturated rings. The molecule has 0 N–H and O–H groups in total. The van der Waals surface area contributed by atoms with Gasteiger partial charge in [0, 0.05) is 34.8 Å². The first kappa shape index (κ1) is 18.3. The van der Waals surface area contributed by atoms with Gasteiger partial charge in [-0.3, -0.25) is 14.4 Å². The number of fused-ring (bicyclic) bond motifs is 3. The number of furan rings is 1. The monoisotopic (exact) mass is 398 g/mol. The maximum absolute atomic E-state index is 13.6. The highest BCUT2D eigenvalue weighted by atomic mass is 16.5. The fraction of sp³-hybridized carbons (Fsp3) is 0.545. The lowest BCUT2D eigenvalue weighted by molar-refractivity contribution is -0.131. The van der Waals surface area contributed by atoms with E-state index in [-0.39, 0.29) is 41.3 Å². The first-order valence-electron chi connectivity index (χ1n) is 9.95. The van der Waals surface area contributed by atoms with E-state index in [2.05, 4.69) is 0 Å². The number of allylic oxidation sites excluding steroid dienone is 1. The van der Waals surface area contributed by atoms with Crippen LogP contribution in [0.5, 0.6) is 0 Å². The summed E-state index contributed by atoms with van der Waals surface area (Å²) in [5.74, 6) is -0.993. The van der Waals surface area contributed by atoms with Crippen LogP contribution in [-0.4, -0.2) is 36.7 Å². The Morgan fingerprint density at radius 2 is 2.03 bits per heavy atom. The van der Waals surface area contributed by atoms with Gasteiger partial charge in [0.25, 0.3) is 6.47 Å². The van der Waals surface area contributed by atoms with Crippen molar-refractivity contribution in [3.63, 3.8) is 0 Å². The van der Waals surface area contributed by atoms with E-state index in [1.807, 2.05) is 20.8 Å². The number of ether oxygens (including phenoxy) is 2. The van der Waals surface area contributed by atoms with Crippen LogP contribution in [0.3, 0.4) is 0 Å². The second kappa shape index (κ2) is 5.68. The first-order valence-corrected chi connectivity index (χ1v) is 9.95. The molecule has 0 radical (unpaired) electrons. The lowest BCUT2D eigenvalue weighted by atomic mass is 9.52. The van der Waals surface area contributed by atoms with Gasteiger partial charge in [-0.1, -0.05) is 6.92 Å². The van der Waals surface area contributed by atoms with Crippen LogP contribution in [0.4, 0.5) is 0 Å². The summed E-state index contributed by atoms with van der Waals surface area (Å²) in [6.07, 6.45) is 2.29. The van der Waals surface area contributed by atoms with Crippen molar-refractivity contribution in [2.45, 2.75) is 51.6 Å². The molecule has 1 unspecified atom stereocenters. The second-order valence-corrected chi connectivity index (χ2v) is 9.02. The van der Waals surface area contributed by atoms with E-state index in [0.29, 0.717) is 36.9 Å². The average Bonchev–Trinajstić information content (AvgIpc) is 3.25. The van der Waals surface area contributed by atoms with Crippen molar-refractivity contribution in [3.8, 4) is 0 Å².